The SMILES string of the molecule is Nc1ccccc1-c1ccccc1-c1ccccc1Cl. The van der Waals surface area contributed by atoms with Crippen LogP contribution in [0.25, 0.3) is 22.3 Å². The van der Waals surface area contributed by atoms with Crippen LogP contribution in [0.1, 0.15) is 0 Å². The molecule has 2 heteroatoms. The Balaban J connectivity index is 2.25. The van der Waals surface area contributed by atoms with Crippen molar-refractivity contribution in [1.29, 1.82) is 0 Å². The van der Waals surface area contributed by atoms with Crippen molar-refractivity contribution in [1.82, 2.24) is 0 Å². The molecule has 20 heavy (non-hydrogen) atoms. The highest BCUT2D eigenvalue weighted by Crippen LogP contribution is 2.37. The Labute approximate surface area is 123 Å². The molecule has 0 fully saturated rings. The summed E-state index contributed by atoms with van der Waals surface area (Å²) >= 11 is 6.33. The van der Waals surface area contributed by atoms with Crippen LogP contribution in [-0.2, 0) is 0 Å². The van der Waals surface area contributed by atoms with Gasteiger partial charge in [0.1, 0.15) is 0 Å². The van der Waals surface area contributed by atoms with Crippen molar-refractivity contribution in [2.24, 2.45) is 0 Å². The highest BCUT2D eigenvalue weighted by atomic mass is 35.5. The first-order valence-corrected chi connectivity index (χ1v) is 6.84. The summed E-state index contributed by atoms with van der Waals surface area (Å²) in [5.74, 6) is 0. The van der Waals surface area contributed by atoms with Gasteiger partial charge in [-0.2, -0.15) is 0 Å². The van der Waals surface area contributed by atoms with E-state index < -0.39 is 0 Å². The lowest BCUT2D eigenvalue weighted by Gasteiger charge is -2.13. The van der Waals surface area contributed by atoms with E-state index in [-0.39, 0.29) is 0 Å². The van der Waals surface area contributed by atoms with Crippen molar-refractivity contribution in [3.8, 4) is 22.3 Å². The lowest BCUT2D eigenvalue weighted by molar-refractivity contribution is 1.58. The molecule has 0 spiro atoms. The van der Waals surface area contributed by atoms with Crippen LogP contribution in [0.5, 0.6) is 0 Å². The van der Waals surface area contributed by atoms with Gasteiger partial charge in [0.05, 0.1) is 0 Å². The highest BCUT2D eigenvalue weighted by molar-refractivity contribution is 6.33. The predicted octanol–water partition coefficient (Wildman–Crippen LogP) is 5.26. The van der Waals surface area contributed by atoms with Crippen molar-refractivity contribution in [3.63, 3.8) is 0 Å². The smallest absolute Gasteiger partial charge is 0.0484 e. The molecule has 0 radical (unpaired) electrons. The Hall–Kier alpha value is -2.25. The summed E-state index contributed by atoms with van der Waals surface area (Å²) < 4.78 is 0. The topological polar surface area (TPSA) is 26.0 Å². The molecule has 3 rings (SSSR count). The molecule has 0 aliphatic rings. The molecule has 0 aliphatic carbocycles. The molecule has 0 heterocycles. The Morgan fingerprint density at radius 2 is 1.00 bits per heavy atom. The van der Waals surface area contributed by atoms with Gasteiger partial charge in [0.15, 0.2) is 0 Å². The van der Waals surface area contributed by atoms with Gasteiger partial charge in [-0.15, -0.1) is 0 Å². The van der Waals surface area contributed by atoms with Crippen LogP contribution in [-0.4, -0.2) is 0 Å². The first-order valence-electron chi connectivity index (χ1n) is 6.46. The summed E-state index contributed by atoms with van der Waals surface area (Å²) in [6.45, 7) is 0. The lowest BCUT2D eigenvalue weighted by atomic mass is 9.94. The highest BCUT2D eigenvalue weighted by Gasteiger charge is 2.10. The van der Waals surface area contributed by atoms with Crippen molar-refractivity contribution in [2.75, 3.05) is 5.73 Å². The molecule has 3 aromatic rings. The van der Waals surface area contributed by atoms with E-state index in [1.165, 1.54) is 0 Å². The molecule has 0 aliphatic heterocycles. The second-order valence-corrected chi connectivity index (χ2v) is 5.02. The van der Waals surface area contributed by atoms with Gasteiger partial charge in [0.2, 0.25) is 0 Å². The van der Waals surface area contributed by atoms with E-state index in [1.807, 2.05) is 60.7 Å². The van der Waals surface area contributed by atoms with Crippen LogP contribution in [0, 0.1) is 0 Å². The van der Waals surface area contributed by atoms with E-state index in [2.05, 4.69) is 12.1 Å². The average Bonchev–Trinajstić information content (AvgIpc) is 2.48. The summed E-state index contributed by atoms with van der Waals surface area (Å²) in [6, 6.07) is 23.9. The van der Waals surface area contributed by atoms with Gasteiger partial charge in [-0.05, 0) is 23.3 Å². The standard InChI is InChI=1S/C18H14ClN/c19-17-11-5-3-9-15(17)13-7-1-2-8-14(13)16-10-4-6-12-18(16)20/h1-12H,20H2. The molecule has 0 atom stereocenters. The van der Waals surface area contributed by atoms with Gasteiger partial charge < -0.3 is 5.73 Å². The van der Waals surface area contributed by atoms with Crippen LogP contribution in [0.2, 0.25) is 5.02 Å². The summed E-state index contributed by atoms with van der Waals surface area (Å²) in [6.07, 6.45) is 0. The fourth-order valence-electron chi connectivity index (χ4n) is 2.37. The largest absolute Gasteiger partial charge is 0.398 e. The maximum absolute atomic E-state index is 6.33. The Bertz CT molecular complexity index is 685. The van der Waals surface area contributed by atoms with Gasteiger partial charge in [-0.3, -0.25) is 0 Å². The molecule has 0 aromatic heterocycles. The fraction of sp³-hybridized carbons (Fsp3) is 0. The second kappa shape index (κ2) is 5.40. The van der Waals surface area contributed by atoms with E-state index in [0.29, 0.717) is 0 Å². The quantitative estimate of drug-likeness (QED) is 0.637. The average molecular weight is 280 g/mol. The van der Waals surface area contributed by atoms with Crippen LogP contribution >= 0.6 is 11.6 Å². The van der Waals surface area contributed by atoms with Crippen molar-refractivity contribution in [3.05, 3.63) is 77.8 Å². The van der Waals surface area contributed by atoms with E-state index in [1.54, 1.807) is 0 Å². The van der Waals surface area contributed by atoms with Gasteiger partial charge in [0, 0.05) is 21.8 Å². The number of para-hydroxylation sites is 1. The predicted molar refractivity (Wildman–Crippen MR) is 86.7 cm³/mol. The van der Waals surface area contributed by atoms with Gasteiger partial charge >= 0.3 is 0 Å². The zero-order valence-electron chi connectivity index (χ0n) is 10.9. The molecule has 0 bridgehead atoms. The number of halogens is 1. The molecule has 0 saturated heterocycles. The molecule has 0 amide bonds. The Morgan fingerprint density at radius 3 is 1.60 bits per heavy atom. The Kier molecular flexibility index (Phi) is 3.44. The minimum atomic E-state index is 0.745. The first kappa shape index (κ1) is 12.8. The van der Waals surface area contributed by atoms with Crippen LogP contribution in [0.4, 0.5) is 5.69 Å². The fourth-order valence-corrected chi connectivity index (χ4v) is 2.61. The van der Waals surface area contributed by atoms with Crippen molar-refractivity contribution >= 4 is 17.3 Å². The van der Waals surface area contributed by atoms with Crippen LogP contribution in [0.15, 0.2) is 72.8 Å². The number of rotatable bonds is 2. The normalized spacial score (nSPS) is 10.4. The third-order valence-corrected chi connectivity index (χ3v) is 3.67. The molecular weight excluding hydrogens is 266 g/mol. The number of anilines is 1. The van der Waals surface area contributed by atoms with Crippen molar-refractivity contribution in [2.45, 2.75) is 0 Å². The molecule has 0 unspecified atom stereocenters. The van der Waals surface area contributed by atoms with Crippen molar-refractivity contribution < 1.29 is 0 Å². The van der Waals surface area contributed by atoms with Gasteiger partial charge in [0.25, 0.3) is 0 Å². The Morgan fingerprint density at radius 1 is 0.550 bits per heavy atom. The first-order chi connectivity index (χ1) is 9.77. The minimum absolute atomic E-state index is 0.745. The van der Waals surface area contributed by atoms with Crippen LogP contribution in [0.3, 0.4) is 0 Å². The minimum Gasteiger partial charge on any atom is -0.398 e. The zero-order valence-corrected chi connectivity index (χ0v) is 11.6. The van der Waals surface area contributed by atoms with E-state index >= 15 is 0 Å². The third kappa shape index (κ3) is 2.28. The summed E-state index contributed by atoms with van der Waals surface area (Å²) in [5.41, 5.74) is 11.1. The van der Waals surface area contributed by atoms with Gasteiger partial charge in [-0.25, -0.2) is 0 Å². The molecule has 2 N–H and O–H groups in total. The summed E-state index contributed by atoms with van der Waals surface area (Å²) in [5, 5.41) is 0.745. The molecule has 3 aromatic carbocycles. The molecular formula is C18H14ClN. The zero-order chi connectivity index (χ0) is 13.9. The monoisotopic (exact) mass is 279 g/mol. The maximum Gasteiger partial charge on any atom is 0.0484 e. The molecule has 98 valence electrons. The summed E-state index contributed by atoms with van der Waals surface area (Å²) in [7, 11) is 0. The molecule has 0 saturated carbocycles. The maximum atomic E-state index is 6.33. The number of hydrogen-bond donors (Lipinski definition) is 1. The van der Waals surface area contributed by atoms with E-state index in [4.69, 9.17) is 17.3 Å². The van der Waals surface area contributed by atoms with E-state index in [9.17, 15) is 0 Å². The third-order valence-electron chi connectivity index (χ3n) is 3.34. The summed E-state index contributed by atoms with van der Waals surface area (Å²) in [4.78, 5) is 0. The van der Waals surface area contributed by atoms with Gasteiger partial charge in [-0.1, -0.05) is 72.3 Å². The molecule has 1 nitrogen and oxygen atoms in total. The number of nitrogens with two attached hydrogens (primary N) is 1. The number of nitrogen functional groups attached to an aromatic ring is 1. The lowest BCUT2D eigenvalue weighted by Crippen LogP contribution is -1.91. The second-order valence-electron chi connectivity index (χ2n) is 4.61. The number of benzene rings is 3. The number of hydrogen-bond acceptors (Lipinski definition) is 1. The van der Waals surface area contributed by atoms with Crippen LogP contribution < -0.4 is 5.73 Å². The van der Waals surface area contributed by atoms with E-state index in [0.717, 1.165) is 33.0 Å².